The van der Waals surface area contributed by atoms with Crippen LogP contribution >= 0.6 is 15.9 Å². The Labute approximate surface area is 122 Å². The second-order valence-electron chi connectivity index (χ2n) is 3.93. The predicted molar refractivity (Wildman–Crippen MR) is 77.4 cm³/mol. The Kier molecular flexibility index (Phi) is 6.78. The number of methoxy groups -OCH3 is 2. The van der Waals surface area contributed by atoms with E-state index in [-0.39, 0.29) is 10.9 Å². The van der Waals surface area contributed by atoms with Gasteiger partial charge in [0.05, 0.1) is 18.6 Å². The van der Waals surface area contributed by atoms with Crippen LogP contribution in [0.3, 0.4) is 0 Å². The maximum Gasteiger partial charge on any atom is 0.240 e. The maximum atomic E-state index is 12.2. The van der Waals surface area contributed by atoms with Gasteiger partial charge < -0.3 is 9.47 Å². The average molecular weight is 352 g/mol. The van der Waals surface area contributed by atoms with E-state index >= 15 is 0 Å². The second-order valence-corrected chi connectivity index (χ2v) is 6.43. The quantitative estimate of drug-likeness (QED) is 0.725. The van der Waals surface area contributed by atoms with E-state index in [9.17, 15) is 8.42 Å². The Balaban J connectivity index is 2.83. The molecule has 1 rings (SSSR count). The molecule has 0 saturated heterocycles. The summed E-state index contributed by atoms with van der Waals surface area (Å²) in [5.74, 6) is 0.618. The second kappa shape index (κ2) is 7.84. The molecule has 0 aromatic heterocycles. The third kappa shape index (κ3) is 5.10. The highest BCUT2D eigenvalue weighted by molar-refractivity contribution is 9.09. The molecular weight excluding hydrogens is 334 g/mol. The summed E-state index contributed by atoms with van der Waals surface area (Å²) < 4.78 is 37.0. The van der Waals surface area contributed by atoms with Gasteiger partial charge in [-0.3, -0.25) is 0 Å². The van der Waals surface area contributed by atoms with Crippen molar-refractivity contribution in [3.8, 4) is 5.75 Å². The largest absolute Gasteiger partial charge is 0.497 e. The molecule has 0 aliphatic rings. The van der Waals surface area contributed by atoms with Crippen molar-refractivity contribution in [2.45, 2.75) is 17.4 Å². The van der Waals surface area contributed by atoms with Crippen molar-refractivity contribution in [3.05, 3.63) is 24.3 Å². The standard InChI is InChI=1S/C12H18BrNO4S/c1-17-9-10(7-8-13)14-19(15,16)12-5-3-11(18-2)4-6-12/h3-6,10,14H,7-9H2,1-2H3. The van der Waals surface area contributed by atoms with Crippen molar-refractivity contribution < 1.29 is 17.9 Å². The van der Waals surface area contributed by atoms with Gasteiger partial charge in [-0.2, -0.15) is 0 Å². The van der Waals surface area contributed by atoms with E-state index in [0.717, 1.165) is 0 Å². The Morgan fingerprint density at radius 3 is 2.37 bits per heavy atom. The van der Waals surface area contributed by atoms with Gasteiger partial charge in [-0.05, 0) is 30.7 Å². The molecule has 1 N–H and O–H groups in total. The van der Waals surface area contributed by atoms with Gasteiger partial charge in [-0.25, -0.2) is 13.1 Å². The molecule has 108 valence electrons. The normalized spacial score (nSPS) is 13.2. The molecule has 0 fully saturated rings. The molecule has 0 saturated carbocycles. The molecule has 0 amide bonds. The lowest BCUT2D eigenvalue weighted by molar-refractivity contribution is 0.173. The van der Waals surface area contributed by atoms with E-state index in [1.165, 1.54) is 19.2 Å². The SMILES string of the molecule is COCC(CCBr)NS(=O)(=O)c1ccc(OC)cc1. The first-order chi connectivity index (χ1) is 9.03. The monoisotopic (exact) mass is 351 g/mol. The average Bonchev–Trinajstić information content (AvgIpc) is 2.39. The van der Waals surface area contributed by atoms with Crippen LogP contribution in [0.2, 0.25) is 0 Å². The molecule has 0 spiro atoms. The van der Waals surface area contributed by atoms with Crippen LogP contribution in [0.4, 0.5) is 0 Å². The fourth-order valence-corrected chi connectivity index (χ4v) is 3.36. The van der Waals surface area contributed by atoms with Crippen LogP contribution in [0.15, 0.2) is 29.2 Å². The summed E-state index contributed by atoms with van der Waals surface area (Å²) in [4.78, 5) is 0.212. The summed E-state index contributed by atoms with van der Waals surface area (Å²) in [5.41, 5.74) is 0. The van der Waals surface area contributed by atoms with Crippen molar-refractivity contribution in [3.63, 3.8) is 0 Å². The van der Waals surface area contributed by atoms with Gasteiger partial charge in [0.1, 0.15) is 5.75 Å². The maximum absolute atomic E-state index is 12.2. The van der Waals surface area contributed by atoms with Crippen LogP contribution < -0.4 is 9.46 Å². The van der Waals surface area contributed by atoms with Gasteiger partial charge in [-0.15, -0.1) is 0 Å². The van der Waals surface area contributed by atoms with Crippen molar-refractivity contribution in [2.24, 2.45) is 0 Å². The number of rotatable bonds is 8. The first-order valence-corrected chi connectivity index (χ1v) is 8.35. The van der Waals surface area contributed by atoms with Gasteiger partial charge in [0.15, 0.2) is 0 Å². The first-order valence-electron chi connectivity index (χ1n) is 5.74. The Morgan fingerprint density at radius 1 is 1.26 bits per heavy atom. The molecule has 1 aromatic rings. The minimum absolute atomic E-state index is 0.212. The van der Waals surface area contributed by atoms with Crippen LogP contribution in [0, 0.1) is 0 Å². The molecule has 0 aliphatic heterocycles. The Morgan fingerprint density at radius 2 is 1.89 bits per heavy atom. The van der Waals surface area contributed by atoms with E-state index in [1.807, 2.05) is 0 Å². The van der Waals surface area contributed by atoms with Gasteiger partial charge in [-0.1, -0.05) is 15.9 Å². The molecule has 7 heteroatoms. The molecule has 0 bridgehead atoms. The van der Waals surface area contributed by atoms with Crippen LogP contribution in [-0.2, 0) is 14.8 Å². The van der Waals surface area contributed by atoms with Crippen LogP contribution in [-0.4, -0.2) is 40.6 Å². The number of halogens is 1. The van der Waals surface area contributed by atoms with E-state index in [4.69, 9.17) is 9.47 Å². The first kappa shape index (κ1) is 16.4. The highest BCUT2D eigenvalue weighted by Gasteiger charge is 2.19. The van der Waals surface area contributed by atoms with Crippen LogP contribution in [0.1, 0.15) is 6.42 Å². The number of ether oxygens (including phenoxy) is 2. The molecule has 19 heavy (non-hydrogen) atoms. The highest BCUT2D eigenvalue weighted by Crippen LogP contribution is 2.16. The highest BCUT2D eigenvalue weighted by atomic mass is 79.9. The Bertz CT molecular complexity index is 469. The van der Waals surface area contributed by atoms with Gasteiger partial charge in [0, 0.05) is 18.5 Å². The fraction of sp³-hybridized carbons (Fsp3) is 0.500. The minimum atomic E-state index is -3.54. The molecule has 0 heterocycles. The molecule has 5 nitrogen and oxygen atoms in total. The molecule has 1 unspecified atom stereocenters. The smallest absolute Gasteiger partial charge is 0.240 e. The number of hydrogen-bond acceptors (Lipinski definition) is 4. The number of hydrogen-bond donors (Lipinski definition) is 1. The molecule has 0 radical (unpaired) electrons. The van der Waals surface area contributed by atoms with Crippen molar-refractivity contribution in [2.75, 3.05) is 26.2 Å². The van der Waals surface area contributed by atoms with E-state index in [0.29, 0.717) is 24.1 Å². The van der Waals surface area contributed by atoms with Crippen LogP contribution in [0.5, 0.6) is 5.75 Å². The van der Waals surface area contributed by atoms with Gasteiger partial charge in [0.2, 0.25) is 10.0 Å². The number of nitrogens with one attached hydrogen (secondary N) is 1. The fourth-order valence-electron chi connectivity index (χ4n) is 1.55. The minimum Gasteiger partial charge on any atom is -0.497 e. The summed E-state index contributed by atoms with van der Waals surface area (Å²) in [7, 11) is -0.457. The van der Waals surface area contributed by atoms with E-state index in [1.54, 1.807) is 19.2 Å². The molecule has 0 aliphatic carbocycles. The summed E-state index contributed by atoms with van der Waals surface area (Å²) >= 11 is 3.30. The third-order valence-corrected chi connectivity index (χ3v) is 4.51. The zero-order chi connectivity index (χ0) is 14.3. The number of alkyl halides is 1. The summed E-state index contributed by atoms with van der Waals surface area (Å²) in [5, 5.41) is 0.701. The van der Waals surface area contributed by atoms with Crippen molar-refractivity contribution >= 4 is 26.0 Å². The lowest BCUT2D eigenvalue weighted by Crippen LogP contribution is -2.38. The number of sulfonamides is 1. The molecular formula is C12H18BrNO4S. The summed E-state index contributed by atoms with van der Waals surface area (Å²) in [6, 6.07) is 6.00. The molecule has 1 atom stereocenters. The Hall–Kier alpha value is -0.630. The summed E-state index contributed by atoms with van der Waals surface area (Å²) in [6.07, 6.45) is 0.656. The van der Waals surface area contributed by atoms with Gasteiger partial charge in [0.25, 0.3) is 0 Å². The third-order valence-electron chi connectivity index (χ3n) is 2.52. The van der Waals surface area contributed by atoms with Crippen molar-refractivity contribution in [1.29, 1.82) is 0 Å². The van der Waals surface area contributed by atoms with Crippen molar-refractivity contribution in [1.82, 2.24) is 4.72 Å². The number of benzene rings is 1. The lowest BCUT2D eigenvalue weighted by Gasteiger charge is -2.17. The van der Waals surface area contributed by atoms with E-state index in [2.05, 4.69) is 20.7 Å². The zero-order valence-corrected chi connectivity index (χ0v) is 13.3. The summed E-state index contributed by atoms with van der Waals surface area (Å²) in [6.45, 7) is 0.334. The van der Waals surface area contributed by atoms with E-state index < -0.39 is 10.0 Å². The topological polar surface area (TPSA) is 64.6 Å². The predicted octanol–water partition coefficient (Wildman–Crippen LogP) is 1.77. The zero-order valence-electron chi connectivity index (χ0n) is 10.9. The molecule has 1 aromatic carbocycles. The van der Waals surface area contributed by atoms with Gasteiger partial charge >= 0.3 is 0 Å². The van der Waals surface area contributed by atoms with Crippen LogP contribution in [0.25, 0.3) is 0 Å². The lowest BCUT2D eigenvalue weighted by atomic mass is 10.3.